The first kappa shape index (κ1) is 25.1. The summed E-state index contributed by atoms with van der Waals surface area (Å²) in [7, 11) is 0. The molecule has 0 aromatic heterocycles. The molecule has 3 N–H and O–H groups in total. The summed E-state index contributed by atoms with van der Waals surface area (Å²) >= 11 is 0. The molecule has 4 rings (SSSR count). The van der Waals surface area contributed by atoms with Crippen LogP contribution in [0.1, 0.15) is 60.8 Å². The predicted octanol–water partition coefficient (Wildman–Crippen LogP) is 1.85. The highest BCUT2D eigenvalue weighted by Crippen LogP contribution is 2.77. The second kappa shape index (κ2) is 7.73. The molecule has 4 aliphatic rings. The summed E-state index contributed by atoms with van der Waals surface area (Å²) < 4.78 is 11.9. The van der Waals surface area contributed by atoms with Crippen LogP contribution < -0.4 is 0 Å². The minimum Gasteiger partial charge on any atom is -0.458 e. The van der Waals surface area contributed by atoms with Gasteiger partial charge in [0.05, 0.1) is 12.2 Å². The van der Waals surface area contributed by atoms with Gasteiger partial charge in [0.15, 0.2) is 11.4 Å². The lowest BCUT2D eigenvalue weighted by Crippen LogP contribution is -2.66. The maximum absolute atomic E-state index is 13.1. The molecule has 2 fully saturated rings. The first-order valence-corrected chi connectivity index (χ1v) is 12.1. The molecule has 34 heavy (non-hydrogen) atoms. The molecule has 2 saturated carbocycles. The van der Waals surface area contributed by atoms with Crippen LogP contribution in [0.15, 0.2) is 23.3 Å². The highest BCUT2D eigenvalue weighted by Gasteiger charge is 2.87. The van der Waals surface area contributed by atoms with Gasteiger partial charge in [-0.1, -0.05) is 39.8 Å². The van der Waals surface area contributed by atoms with Gasteiger partial charge in [-0.2, -0.15) is 0 Å². The van der Waals surface area contributed by atoms with Crippen molar-refractivity contribution in [3.8, 4) is 0 Å². The van der Waals surface area contributed by atoms with Crippen LogP contribution in [0, 0.1) is 29.1 Å². The quantitative estimate of drug-likeness (QED) is 0.405. The van der Waals surface area contributed by atoms with Gasteiger partial charge < -0.3 is 24.8 Å². The summed E-state index contributed by atoms with van der Waals surface area (Å²) in [5.74, 6) is -4.35. The zero-order chi connectivity index (χ0) is 25.4. The van der Waals surface area contributed by atoms with Gasteiger partial charge in [-0.25, -0.2) is 0 Å². The number of fused-ring (bicyclic) bond motifs is 5. The number of carbonyl (C=O) groups is 3. The van der Waals surface area contributed by atoms with Crippen molar-refractivity contribution in [2.24, 2.45) is 29.1 Å². The van der Waals surface area contributed by atoms with E-state index >= 15 is 0 Å². The Bertz CT molecular complexity index is 995. The van der Waals surface area contributed by atoms with Crippen LogP contribution in [0.2, 0.25) is 0 Å². The first-order chi connectivity index (χ1) is 15.7. The molecule has 0 spiro atoms. The Morgan fingerprint density at radius 2 is 1.85 bits per heavy atom. The summed E-state index contributed by atoms with van der Waals surface area (Å²) in [5.41, 5.74) is -4.69. The number of hydrogen-bond donors (Lipinski definition) is 3. The van der Waals surface area contributed by atoms with Crippen molar-refractivity contribution in [1.29, 1.82) is 0 Å². The van der Waals surface area contributed by atoms with Crippen molar-refractivity contribution in [1.82, 2.24) is 0 Å². The van der Waals surface area contributed by atoms with E-state index in [2.05, 4.69) is 0 Å². The van der Waals surface area contributed by atoms with Gasteiger partial charge in [0, 0.05) is 48.9 Å². The van der Waals surface area contributed by atoms with E-state index in [0.717, 1.165) is 0 Å². The lowest BCUT2D eigenvalue weighted by molar-refractivity contribution is -0.228. The number of esters is 2. The monoisotopic (exact) mass is 476 g/mol. The minimum atomic E-state index is -1.92. The van der Waals surface area contributed by atoms with Crippen LogP contribution in [0.5, 0.6) is 0 Å². The van der Waals surface area contributed by atoms with Crippen LogP contribution >= 0.6 is 0 Å². The molecule has 0 saturated heterocycles. The van der Waals surface area contributed by atoms with Crippen LogP contribution in [-0.2, 0) is 23.9 Å². The summed E-state index contributed by atoms with van der Waals surface area (Å²) in [4.78, 5) is 38.0. The highest BCUT2D eigenvalue weighted by atomic mass is 16.6. The second-order valence-electron chi connectivity index (χ2n) is 11.2. The maximum Gasteiger partial charge on any atom is 0.306 e. The van der Waals surface area contributed by atoms with Crippen LogP contribution in [0.25, 0.3) is 0 Å². The zero-order valence-corrected chi connectivity index (χ0v) is 20.8. The van der Waals surface area contributed by atoms with Crippen molar-refractivity contribution in [2.75, 3.05) is 6.61 Å². The SMILES string of the molecule is CCCC(=O)OC1C(C)C2(O)C(C=C(CO)CC3(O)C(=O)C(C)=CC32)C2C(C)(C)C12OC(C)=O. The molecule has 8 unspecified atom stereocenters. The van der Waals surface area contributed by atoms with E-state index in [1.807, 2.05) is 20.8 Å². The van der Waals surface area contributed by atoms with Gasteiger partial charge in [-0.15, -0.1) is 0 Å². The molecule has 8 heteroatoms. The standard InChI is InChI=1S/C26H36O8/c1-7-8-19(29)33-22-14(3)25(32)17(20-23(5,6)26(20,22)34-15(4)28)10-16(12-27)11-24(31)18(25)9-13(2)21(24)30/h9-10,14,17-18,20,22,27,31-32H,7-8,11-12H2,1-6H3. The Labute approximate surface area is 200 Å². The van der Waals surface area contributed by atoms with E-state index in [-0.39, 0.29) is 19.4 Å². The molecule has 188 valence electrons. The molecule has 0 heterocycles. The predicted molar refractivity (Wildman–Crippen MR) is 121 cm³/mol. The van der Waals surface area contributed by atoms with Crippen molar-refractivity contribution < 1.29 is 39.2 Å². The largest absolute Gasteiger partial charge is 0.458 e. The summed E-state index contributed by atoms with van der Waals surface area (Å²) in [6.07, 6.45) is 3.01. The minimum absolute atomic E-state index is 0.111. The van der Waals surface area contributed by atoms with E-state index in [9.17, 15) is 29.7 Å². The fraction of sp³-hybridized carbons (Fsp3) is 0.731. The number of rotatable bonds is 5. The number of hydrogen-bond acceptors (Lipinski definition) is 8. The van der Waals surface area contributed by atoms with E-state index in [0.29, 0.717) is 17.6 Å². The molecule has 8 atom stereocenters. The van der Waals surface area contributed by atoms with E-state index in [1.165, 1.54) is 6.92 Å². The molecule has 0 amide bonds. The van der Waals surface area contributed by atoms with Crippen molar-refractivity contribution in [2.45, 2.75) is 83.7 Å². The molecule has 0 aromatic carbocycles. The Hall–Kier alpha value is -2.03. The normalized spacial score (nSPS) is 44.0. The van der Waals surface area contributed by atoms with Gasteiger partial charge in [0.25, 0.3) is 0 Å². The summed E-state index contributed by atoms with van der Waals surface area (Å²) in [6.45, 7) is 9.91. The maximum atomic E-state index is 13.1. The van der Waals surface area contributed by atoms with Crippen LogP contribution in [-0.4, -0.2) is 62.6 Å². The number of ketones is 1. The number of carbonyl (C=O) groups excluding carboxylic acids is 3. The fourth-order valence-corrected chi connectivity index (χ4v) is 7.47. The zero-order valence-electron chi connectivity index (χ0n) is 20.8. The van der Waals surface area contributed by atoms with Crippen molar-refractivity contribution in [3.63, 3.8) is 0 Å². The van der Waals surface area contributed by atoms with E-state index < -0.39 is 69.7 Å². The lowest BCUT2D eigenvalue weighted by Gasteiger charge is -2.53. The Morgan fingerprint density at radius 1 is 1.21 bits per heavy atom. The van der Waals surface area contributed by atoms with Gasteiger partial charge in [-0.05, 0) is 24.5 Å². The average molecular weight is 477 g/mol. The summed E-state index contributed by atoms with van der Waals surface area (Å²) in [5, 5.41) is 34.2. The topological polar surface area (TPSA) is 130 Å². The average Bonchev–Trinajstić information content (AvgIpc) is 3.16. The number of aliphatic hydroxyl groups is 3. The molecular formula is C26H36O8. The Balaban J connectivity index is 1.94. The number of Topliss-reactive ketones (excluding diaryl/α,β-unsaturated/α-hetero) is 1. The molecule has 0 aromatic rings. The molecule has 8 nitrogen and oxygen atoms in total. The van der Waals surface area contributed by atoms with Crippen molar-refractivity contribution >= 4 is 17.7 Å². The van der Waals surface area contributed by atoms with Crippen molar-refractivity contribution in [3.05, 3.63) is 23.3 Å². The van der Waals surface area contributed by atoms with Gasteiger partial charge in [-0.3, -0.25) is 14.4 Å². The summed E-state index contributed by atoms with van der Waals surface area (Å²) in [6, 6.07) is 0. The highest BCUT2D eigenvalue weighted by molar-refractivity contribution is 6.04. The van der Waals surface area contributed by atoms with Crippen LogP contribution in [0.4, 0.5) is 0 Å². The smallest absolute Gasteiger partial charge is 0.306 e. The molecule has 0 radical (unpaired) electrons. The fourth-order valence-electron chi connectivity index (χ4n) is 7.47. The third-order valence-corrected chi connectivity index (χ3v) is 8.98. The second-order valence-corrected chi connectivity index (χ2v) is 11.2. The third-order valence-electron chi connectivity index (χ3n) is 8.98. The van der Waals surface area contributed by atoms with Gasteiger partial charge >= 0.3 is 11.9 Å². The molecule has 4 aliphatic carbocycles. The van der Waals surface area contributed by atoms with Gasteiger partial charge in [0.1, 0.15) is 11.7 Å². The molecular weight excluding hydrogens is 440 g/mol. The Kier molecular flexibility index (Phi) is 5.70. The third kappa shape index (κ3) is 2.97. The van der Waals surface area contributed by atoms with Crippen LogP contribution in [0.3, 0.4) is 0 Å². The lowest BCUT2D eigenvalue weighted by atomic mass is 9.59. The number of ether oxygens (including phenoxy) is 2. The van der Waals surface area contributed by atoms with E-state index in [1.54, 1.807) is 26.0 Å². The van der Waals surface area contributed by atoms with E-state index in [4.69, 9.17) is 9.47 Å². The Morgan fingerprint density at radius 3 is 2.41 bits per heavy atom. The molecule has 0 aliphatic heterocycles. The first-order valence-electron chi connectivity index (χ1n) is 12.1. The molecule has 0 bridgehead atoms. The van der Waals surface area contributed by atoms with Gasteiger partial charge in [0.2, 0.25) is 0 Å². The number of aliphatic hydroxyl groups excluding tert-OH is 1.